The van der Waals surface area contributed by atoms with Crippen molar-refractivity contribution >= 4 is 38.8 Å². The van der Waals surface area contributed by atoms with E-state index in [4.69, 9.17) is 0 Å². The molecule has 2 heterocycles. The smallest absolute Gasteiger partial charge is 0.235 e. The second-order valence-corrected chi connectivity index (χ2v) is 9.70. The number of carbonyl (C=O) groups is 1. The third-order valence-corrected chi connectivity index (χ3v) is 7.25. The van der Waals surface area contributed by atoms with E-state index in [2.05, 4.69) is 4.98 Å². The number of aromatic nitrogens is 1. The molecule has 8 heteroatoms. The summed E-state index contributed by atoms with van der Waals surface area (Å²) in [6, 6.07) is -0.186. The molecular formula is C12H18N2O3S3. The zero-order valence-corrected chi connectivity index (χ0v) is 14.1. The molecule has 2 atom stereocenters. The lowest BCUT2D eigenvalue weighted by Crippen LogP contribution is -2.41. The summed E-state index contributed by atoms with van der Waals surface area (Å²) in [4.78, 5) is 18.3. The quantitative estimate of drug-likeness (QED) is 0.782. The molecule has 1 aromatic rings. The number of hydrogen-bond donors (Lipinski definition) is 0. The largest absolute Gasteiger partial charge is 0.341 e. The SMILES string of the molecule is Cc1csc(S[C@H](C)C(=O)N(C)[C@H]2CCS(=O)(=O)C2)n1. The predicted octanol–water partition coefficient (Wildman–Crippen LogP) is 1.58. The molecule has 20 heavy (non-hydrogen) atoms. The second-order valence-electron chi connectivity index (χ2n) is 5.02. The molecule has 0 N–H and O–H groups in total. The van der Waals surface area contributed by atoms with Crippen LogP contribution in [-0.4, -0.2) is 54.1 Å². The van der Waals surface area contributed by atoms with Crippen LogP contribution in [-0.2, 0) is 14.6 Å². The fraction of sp³-hybridized carbons (Fsp3) is 0.667. The van der Waals surface area contributed by atoms with Crippen molar-refractivity contribution in [2.45, 2.75) is 35.9 Å². The van der Waals surface area contributed by atoms with Gasteiger partial charge in [0.25, 0.3) is 0 Å². The van der Waals surface area contributed by atoms with Crippen LogP contribution >= 0.6 is 23.1 Å². The Hall–Kier alpha value is -0.600. The van der Waals surface area contributed by atoms with Crippen LogP contribution in [0, 0.1) is 6.92 Å². The maximum atomic E-state index is 12.3. The minimum Gasteiger partial charge on any atom is -0.341 e. The van der Waals surface area contributed by atoms with Gasteiger partial charge in [-0.1, -0.05) is 11.8 Å². The van der Waals surface area contributed by atoms with Crippen LogP contribution in [0.25, 0.3) is 0 Å². The average molecular weight is 334 g/mol. The monoisotopic (exact) mass is 334 g/mol. The summed E-state index contributed by atoms with van der Waals surface area (Å²) in [6.45, 7) is 3.76. The van der Waals surface area contributed by atoms with Gasteiger partial charge in [0.1, 0.15) is 0 Å². The van der Waals surface area contributed by atoms with Crippen molar-refractivity contribution in [3.8, 4) is 0 Å². The van der Waals surface area contributed by atoms with E-state index in [0.717, 1.165) is 10.0 Å². The number of sulfone groups is 1. The van der Waals surface area contributed by atoms with Gasteiger partial charge < -0.3 is 4.90 Å². The molecule has 1 amide bonds. The maximum Gasteiger partial charge on any atom is 0.235 e. The van der Waals surface area contributed by atoms with Gasteiger partial charge in [0.05, 0.1) is 16.8 Å². The Morgan fingerprint density at radius 3 is 2.80 bits per heavy atom. The highest BCUT2D eigenvalue weighted by molar-refractivity contribution is 8.02. The predicted molar refractivity (Wildman–Crippen MR) is 82.0 cm³/mol. The summed E-state index contributed by atoms with van der Waals surface area (Å²) in [7, 11) is -1.27. The van der Waals surface area contributed by atoms with Gasteiger partial charge in [-0.2, -0.15) is 0 Å². The van der Waals surface area contributed by atoms with Crippen LogP contribution in [0.15, 0.2) is 9.72 Å². The molecule has 112 valence electrons. The summed E-state index contributed by atoms with van der Waals surface area (Å²) >= 11 is 2.95. The lowest BCUT2D eigenvalue weighted by atomic mass is 10.2. The molecule has 0 spiro atoms. The lowest BCUT2D eigenvalue weighted by Gasteiger charge is -2.25. The fourth-order valence-corrected chi connectivity index (χ4v) is 6.00. The molecule has 0 radical (unpaired) electrons. The summed E-state index contributed by atoms with van der Waals surface area (Å²) in [5, 5.41) is 1.70. The first-order valence-corrected chi connectivity index (χ1v) is 9.92. The minimum absolute atomic E-state index is 0.0371. The lowest BCUT2D eigenvalue weighted by molar-refractivity contribution is -0.130. The zero-order chi connectivity index (χ0) is 14.9. The van der Waals surface area contributed by atoms with E-state index in [1.54, 1.807) is 11.9 Å². The molecule has 5 nitrogen and oxygen atoms in total. The average Bonchev–Trinajstić information content (AvgIpc) is 2.93. The molecule has 1 aliphatic rings. The standard InChI is InChI=1S/C12H18N2O3S3/c1-8-6-18-12(13-8)19-9(2)11(15)14(3)10-4-5-20(16,17)7-10/h6,9-10H,4-5,7H2,1-3H3/t9-,10+/m1/s1. The van der Waals surface area contributed by atoms with E-state index in [9.17, 15) is 13.2 Å². The van der Waals surface area contributed by atoms with Crippen molar-refractivity contribution in [3.05, 3.63) is 11.1 Å². The Labute approximate surface area is 127 Å². The first-order valence-electron chi connectivity index (χ1n) is 6.34. The Morgan fingerprint density at radius 2 is 2.30 bits per heavy atom. The molecule has 1 fully saturated rings. The molecule has 2 rings (SSSR count). The van der Waals surface area contributed by atoms with Crippen LogP contribution < -0.4 is 0 Å². The minimum atomic E-state index is -2.97. The zero-order valence-electron chi connectivity index (χ0n) is 11.7. The normalized spacial score (nSPS) is 22.6. The molecule has 1 aliphatic heterocycles. The van der Waals surface area contributed by atoms with Crippen molar-refractivity contribution in [2.24, 2.45) is 0 Å². The number of amides is 1. The van der Waals surface area contributed by atoms with E-state index in [-0.39, 0.29) is 28.7 Å². The van der Waals surface area contributed by atoms with Crippen molar-refractivity contribution in [3.63, 3.8) is 0 Å². The number of aryl methyl sites for hydroxylation is 1. The Balaban J connectivity index is 1.96. The highest BCUT2D eigenvalue weighted by Gasteiger charge is 2.34. The van der Waals surface area contributed by atoms with E-state index in [1.807, 2.05) is 19.2 Å². The van der Waals surface area contributed by atoms with Gasteiger partial charge in [-0.25, -0.2) is 13.4 Å². The first-order chi connectivity index (χ1) is 9.28. The van der Waals surface area contributed by atoms with Gasteiger partial charge in [0.2, 0.25) is 5.91 Å². The third-order valence-electron chi connectivity index (χ3n) is 3.33. The number of thiazole rings is 1. The van der Waals surface area contributed by atoms with Gasteiger partial charge >= 0.3 is 0 Å². The molecule has 0 saturated carbocycles. The van der Waals surface area contributed by atoms with Crippen LogP contribution in [0.3, 0.4) is 0 Å². The van der Waals surface area contributed by atoms with Gasteiger partial charge in [-0.15, -0.1) is 11.3 Å². The van der Waals surface area contributed by atoms with Crippen molar-refractivity contribution in [1.82, 2.24) is 9.88 Å². The highest BCUT2D eigenvalue weighted by Crippen LogP contribution is 2.28. The summed E-state index contributed by atoms with van der Waals surface area (Å²) in [5.41, 5.74) is 0.951. The van der Waals surface area contributed by atoms with Crippen molar-refractivity contribution in [2.75, 3.05) is 18.6 Å². The van der Waals surface area contributed by atoms with Crippen molar-refractivity contribution in [1.29, 1.82) is 0 Å². The second kappa shape index (κ2) is 6.03. The van der Waals surface area contributed by atoms with Gasteiger partial charge in [0, 0.05) is 24.2 Å². The topological polar surface area (TPSA) is 67.3 Å². The summed E-state index contributed by atoms with van der Waals surface area (Å²) in [6.07, 6.45) is 0.540. The summed E-state index contributed by atoms with van der Waals surface area (Å²) < 4.78 is 23.8. The number of hydrogen-bond acceptors (Lipinski definition) is 6. The molecule has 0 bridgehead atoms. The molecular weight excluding hydrogens is 316 g/mol. The maximum absolute atomic E-state index is 12.3. The highest BCUT2D eigenvalue weighted by atomic mass is 32.2. The molecule has 0 unspecified atom stereocenters. The number of thioether (sulfide) groups is 1. The van der Waals surface area contributed by atoms with E-state index in [1.165, 1.54) is 23.1 Å². The molecule has 0 aromatic carbocycles. The van der Waals surface area contributed by atoms with Crippen molar-refractivity contribution < 1.29 is 13.2 Å². The van der Waals surface area contributed by atoms with Crippen LogP contribution in [0.2, 0.25) is 0 Å². The molecule has 0 aliphatic carbocycles. The number of carbonyl (C=O) groups excluding carboxylic acids is 1. The Morgan fingerprint density at radius 1 is 1.60 bits per heavy atom. The summed E-state index contributed by atoms with van der Waals surface area (Å²) in [5.74, 6) is 0.232. The number of rotatable bonds is 4. The first kappa shape index (κ1) is 15.8. The van der Waals surface area contributed by atoms with Gasteiger partial charge in [0.15, 0.2) is 14.2 Å². The number of nitrogens with zero attached hydrogens (tertiary/aromatic N) is 2. The van der Waals surface area contributed by atoms with Gasteiger partial charge in [-0.3, -0.25) is 4.79 Å². The third kappa shape index (κ3) is 3.73. The van der Waals surface area contributed by atoms with E-state index >= 15 is 0 Å². The molecule has 1 aromatic heterocycles. The Kier molecular flexibility index (Phi) is 4.76. The van der Waals surface area contributed by atoms with Crippen LogP contribution in [0.1, 0.15) is 19.0 Å². The fourth-order valence-electron chi connectivity index (χ4n) is 2.14. The molecule has 1 saturated heterocycles. The van der Waals surface area contributed by atoms with Crippen LogP contribution in [0.5, 0.6) is 0 Å². The Bertz CT molecular complexity index is 597. The van der Waals surface area contributed by atoms with Crippen LogP contribution in [0.4, 0.5) is 0 Å². The van der Waals surface area contributed by atoms with Gasteiger partial charge in [-0.05, 0) is 20.3 Å². The van der Waals surface area contributed by atoms with E-state index < -0.39 is 9.84 Å². The van der Waals surface area contributed by atoms with E-state index in [0.29, 0.717) is 6.42 Å².